The number of nitrogens with one attached hydrogen (secondary N) is 2. The normalized spacial score (nSPS) is 11.6. The molecule has 1 aromatic carbocycles. The summed E-state index contributed by atoms with van der Waals surface area (Å²) >= 11 is 0. The summed E-state index contributed by atoms with van der Waals surface area (Å²) in [6.45, 7) is 6.79. The maximum absolute atomic E-state index is 12.0. The number of hydrogen-bond acceptors (Lipinski definition) is 3. The Morgan fingerprint density at radius 1 is 1.14 bits per heavy atom. The van der Waals surface area contributed by atoms with Crippen LogP contribution >= 0.6 is 0 Å². The van der Waals surface area contributed by atoms with Gasteiger partial charge < -0.3 is 5.32 Å². The molecule has 5 nitrogen and oxygen atoms in total. The molecule has 0 saturated heterocycles. The van der Waals surface area contributed by atoms with Gasteiger partial charge >= 0.3 is 0 Å². The average Bonchev–Trinajstić information content (AvgIpc) is 2.38. The molecule has 0 aliphatic heterocycles. The molecule has 0 aliphatic rings. The summed E-state index contributed by atoms with van der Waals surface area (Å²) in [5, 5.41) is 2.77. The molecular weight excluding hydrogens is 288 g/mol. The van der Waals surface area contributed by atoms with Gasteiger partial charge in [-0.2, -0.15) is 0 Å². The summed E-state index contributed by atoms with van der Waals surface area (Å²) < 4.78 is 26.4. The van der Waals surface area contributed by atoms with E-state index in [0.717, 1.165) is 12.0 Å². The van der Waals surface area contributed by atoms with Gasteiger partial charge in [0.2, 0.25) is 15.9 Å². The largest absolute Gasteiger partial charge is 0.356 e. The molecule has 0 heterocycles. The van der Waals surface area contributed by atoms with Crippen molar-refractivity contribution in [1.82, 2.24) is 10.0 Å². The van der Waals surface area contributed by atoms with Crippen LogP contribution in [0.4, 0.5) is 0 Å². The van der Waals surface area contributed by atoms with Crippen molar-refractivity contribution in [1.29, 1.82) is 0 Å². The Morgan fingerprint density at radius 3 is 2.33 bits per heavy atom. The lowest BCUT2D eigenvalue weighted by Crippen LogP contribution is -2.31. The quantitative estimate of drug-likeness (QED) is 0.769. The topological polar surface area (TPSA) is 75.3 Å². The number of amides is 1. The van der Waals surface area contributed by atoms with Gasteiger partial charge in [0.15, 0.2) is 0 Å². The first kappa shape index (κ1) is 17.7. The van der Waals surface area contributed by atoms with E-state index in [9.17, 15) is 13.2 Å². The Labute approximate surface area is 127 Å². The zero-order chi connectivity index (χ0) is 15.9. The van der Waals surface area contributed by atoms with E-state index in [4.69, 9.17) is 0 Å². The van der Waals surface area contributed by atoms with Crippen LogP contribution in [0.2, 0.25) is 0 Å². The van der Waals surface area contributed by atoms with E-state index in [-0.39, 0.29) is 23.8 Å². The van der Waals surface area contributed by atoms with Gasteiger partial charge in [-0.15, -0.1) is 0 Å². The van der Waals surface area contributed by atoms with Crippen molar-refractivity contribution in [3.63, 3.8) is 0 Å². The molecule has 1 rings (SSSR count). The lowest BCUT2D eigenvalue weighted by Gasteiger charge is -2.09. The van der Waals surface area contributed by atoms with Gasteiger partial charge in [-0.1, -0.05) is 31.5 Å². The predicted molar refractivity (Wildman–Crippen MR) is 83.4 cm³/mol. The van der Waals surface area contributed by atoms with Crippen LogP contribution in [0.1, 0.15) is 32.3 Å². The highest BCUT2D eigenvalue weighted by atomic mass is 32.2. The van der Waals surface area contributed by atoms with E-state index in [1.165, 1.54) is 0 Å². The first-order valence-corrected chi connectivity index (χ1v) is 8.62. The van der Waals surface area contributed by atoms with Crippen molar-refractivity contribution >= 4 is 15.9 Å². The van der Waals surface area contributed by atoms with Crippen molar-refractivity contribution in [3.8, 4) is 0 Å². The molecule has 2 N–H and O–H groups in total. The van der Waals surface area contributed by atoms with E-state index >= 15 is 0 Å². The van der Waals surface area contributed by atoms with Crippen LogP contribution in [0.3, 0.4) is 0 Å². The maximum Gasteiger partial charge on any atom is 0.240 e. The fourth-order valence-corrected chi connectivity index (χ4v) is 2.72. The highest BCUT2D eigenvalue weighted by Gasteiger charge is 2.13. The van der Waals surface area contributed by atoms with Crippen molar-refractivity contribution < 1.29 is 13.2 Å². The molecule has 1 aromatic rings. The van der Waals surface area contributed by atoms with Crippen LogP contribution in [-0.2, 0) is 14.8 Å². The molecule has 0 atom stereocenters. The molecule has 118 valence electrons. The van der Waals surface area contributed by atoms with Crippen LogP contribution in [0.5, 0.6) is 0 Å². The Bertz CT molecular complexity index is 551. The molecule has 1 amide bonds. The number of aryl methyl sites for hydroxylation is 1. The molecule has 0 aromatic heterocycles. The van der Waals surface area contributed by atoms with Gasteiger partial charge in [0, 0.05) is 19.5 Å². The molecule has 0 radical (unpaired) electrons. The Balaban J connectivity index is 2.37. The molecule has 6 heteroatoms. The van der Waals surface area contributed by atoms with E-state index in [0.29, 0.717) is 12.5 Å². The van der Waals surface area contributed by atoms with Gasteiger partial charge in [-0.05, 0) is 31.4 Å². The van der Waals surface area contributed by atoms with Crippen LogP contribution in [0.15, 0.2) is 29.2 Å². The van der Waals surface area contributed by atoms with Gasteiger partial charge in [0.25, 0.3) is 0 Å². The number of hydrogen-bond donors (Lipinski definition) is 2. The Hall–Kier alpha value is -1.40. The van der Waals surface area contributed by atoms with Crippen LogP contribution in [-0.4, -0.2) is 27.4 Å². The van der Waals surface area contributed by atoms with Gasteiger partial charge in [0.05, 0.1) is 4.90 Å². The number of carbonyl (C=O) groups excluding carboxylic acids is 1. The van der Waals surface area contributed by atoms with E-state index in [2.05, 4.69) is 23.9 Å². The van der Waals surface area contributed by atoms with Gasteiger partial charge in [-0.25, -0.2) is 13.1 Å². The third-order valence-corrected chi connectivity index (χ3v) is 4.50. The first-order chi connectivity index (χ1) is 9.81. The monoisotopic (exact) mass is 312 g/mol. The molecule has 0 spiro atoms. The minimum atomic E-state index is -3.54. The van der Waals surface area contributed by atoms with Gasteiger partial charge in [0.1, 0.15) is 0 Å². The first-order valence-electron chi connectivity index (χ1n) is 7.14. The molecule has 0 saturated carbocycles. The van der Waals surface area contributed by atoms with E-state index < -0.39 is 10.0 Å². The number of sulfonamides is 1. The van der Waals surface area contributed by atoms with E-state index in [1.807, 2.05) is 6.92 Å². The summed E-state index contributed by atoms with van der Waals surface area (Å²) in [7, 11) is -3.54. The fourth-order valence-electron chi connectivity index (χ4n) is 1.69. The molecule has 0 aliphatic carbocycles. The summed E-state index contributed by atoms with van der Waals surface area (Å²) in [5.74, 6) is 0.396. The number of carbonyl (C=O) groups is 1. The molecule has 0 unspecified atom stereocenters. The fraction of sp³-hybridized carbons (Fsp3) is 0.533. The Kier molecular flexibility index (Phi) is 6.84. The second kappa shape index (κ2) is 8.14. The lowest BCUT2D eigenvalue weighted by atomic mass is 10.1. The summed E-state index contributed by atoms with van der Waals surface area (Å²) in [5.41, 5.74) is 0.999. The van der Waals surface area contributed by atoms with Crippen LogP contribution in [0, 0.1) is 12.8 Å². The summed E-state index contributed by atoms with van der Waals surface area (Å²) in [4.78, 5) is 11.8. The lowest BCUT2D eigenvalue weighted by molar-refractivity contribution is -0.120. The standard InChI is InChI=1S/C15H24N2O3S/c1-12(2)8-10-16-15(18)9-11-17-21(19,20)14-6-4-13(3)5-7-14/h4-7,12,17H,8-11H2,1-3H3,(H,16,18). The molecular formula is C15H24N2O3S. The number of benzene rings is 1. The zero-order valence-electron chi connectivity index (χ0n) is 12.8. The average molecular weight is 312 g/mol. The van der Waals surface area contributed by atoms with Crippen LogP contribution in [0.25, 0.3) is 0 Å². The third-order valence-electron chi connectivity index (χ3n) is 3.02. The minimum absolute atomic E-state index is 0.101. The van der Waals surface area contributed by atoms with Gasteiger partial charge in [-0.3, -0.25) is 4.79 Å². The second-order valence-corrected chi connectivity index (χ2v) is 7.26. The molecule has 21 heavy (non-hydrogen) atoms. The van der Waals surface area contributed by atoms with Crippen LogP contribution < -0.4 is 10.0 Å². The minimum Gasteiger partial charge on any atom is -0.356 e. The number of rotatable bonds is 8. The third kappa shape index (κ3) is 6.73. The van der Waals surface area contributed by atoms with Crippen molar-refractivity contribution in [2.24, 2.45) is 5.92 Å². The predicted octanol–water partition coefficient (Wildman–Crippen LogP) is 1.83. The van der Waals surface area contributed by atoms with Crippen molar-refractivity contribution in [2.45, 2.75) is 38.5 Å². The smallest absolute Gasteiger partial charge is 0.240 e. The summed E-state index contributed by atoms with van der Waals surface area (Å²) in [6, 6.07) is 6.60. The highest BCUT2D eigenvalue weighted by Crippen LogP contribution is 2.09. The zero-order valence-corrected chi connectivity index (χ0v) is 13.7. The SMILES string of the molecule is Cc1ccc(S(=O)(=O)NCCC(=O)NCCC(C)C)cc1. The van der Waals surface area contributed by atoms with Crippen molar-refractivity contribution in [3.05, 3.63) is 29.8 Å². The maximum atomic E-state index is 12.0. The van der Waals surface area contributed by atoms with Crippen molar-refractivity contribution in [2.75, 3.05) is 13.1 Å². The van der Waals surface area contributed by atoms with E-state index in [1.54, 1.807) is 24.3 Å². The Morgan fingerprint density at radius 2 is 1.76 bits per heavy atom. The molecule has 0 fully saturated rings. The highest BCUT2D eigenvalue weighted by molar-refractivity contribution is 7.89. The molecule has 0 bridgehead atoms. The second-order valence-electron chi connectivity index (χ2n) is 5.49. The summed E-state index contributed by atoms with van der Waals surface area (Å²) in [6.07, 6.45) is 1.06.